The number of hydrogen-bond acceptors (Lipinski definition) is 5. The number of aromatic nitrogens is 2. The Morgan fingerprint density at radius 1 is 1.38 bits per heavy atom. The Hall–Kier alpha value is -2.47. The summed E-state index contributed by atoms with van der Waals surface area (Å²) in [5.74, 6) is 2.08. The summed E-state index contributed by atoms with van der Waals surface area (Å²) in [7, 11) is 1.61. The number of amides is 1. The van der Waals surface area contributed by atoms with Gasteiger partial charge >= 0.3 is 0 Å². The van der Waals surface area contributed by atoms with Gasteiger partial charge in [-0.2, -0.15) is 0 Å². The number of rotatable bonds is 3. The Labute approximate surface area is 153 Å². The fourth-order valence-electron chi connectivity index (χ4n) is 3.71. The number of nitrogens with one attached hydrogen (secondary N) is 1. The summed E-state index contributed by atoms with van der Waals surface area (Å²) in [6.07, 6.45) is 5.01. The van der Waals surface area contributed by atoms with Gasteiger partial charge in [0.25, 0.3) is 5.91 Å². The molecule has 2 aromatic rings. The number of nitrogens with zero attached hydrogens (tertiary/aromatic N) is 3. The molecular formula is C20H24N4O2. The molecule has 0 spiro atoms. The lowest BCUT2D eigenvalue weighted by Crippen LogP contribution is -2.37. The maximum absolute atomic E-state index is 12.8. The van der Waals surface area contributed by atoms with Crippen molar-refractivity contribution in [1.29, 1.82) is 0 Å². The van der Waals surface area contributed by atoms with Crippen LogP contribution in [0, 0.1) is 0 Å². The summed E-state index contributed by atoms with van der Waals surface area (Å²) in [6.45, 7) is 3.29. The van der Waals surface area contributed by atoms with E-state index < -0.39 is 0 Å². The predicted octanol–water partition coefficient (Wildman–Crippen LogP) is 2.15. The van der Waals surface area contributed by atoms with Gasteiger partial charge in [-0.3, -0.25) is 4.79 Å². The van der Waals surface area contributed by atoms with Crippen molar-refractivity contribution in [1.82, 2.24) is 20.2 Å². The number of carbonyl (C=O) groups is 1. The van der Waals surface area contributed by atoms with E-state index in [1.807, 2.05) is 29.3 Å². The first-order valence-corrected chi connectivity index (χ1v) is 9.23. The molecule has 1 aromatic heterocycles. The lowest BCUT2D eigenvalue weighted by atomic mass is 9.98. The minimum Gasteiger partial charge on any atom is -0.497 e. The number of carbonyl (C=O) groups excluding carboxylic acids is 1. The van der Waals surface area contributed by atoms with Crippen LogP contribution >= 0.6 is 0 Å². The summed E-state index contributed by atoms with van der Waals surface area (Å²) < 4.78 is 5.22. The van der Waals surface area contributed by atoms with Gasteiger partial charge in [-0.25, -0.2) is 9.97 Å². The van der Waals surface area contributed by atoms with Gasteiger partial charge in [0, 0.05) is 49.3 Å². The van der Waals surface area contributed by atoms with Gasteiger partial charge in [-0.15, -0.1) is 0 Å². The topological polar surface area (TPSA) is 67.3 Å². The monoisotopic (exact) mass is 352 g/mol. The van der Waals surface area contributed by atoms with Crippen LogP contribution < -0.4 is 10.1 Å². The first kappa shape index (κ1) is 17.0. The smallest absolute Gasteiger partial charge is 0.254 e. The third-order valence-electron chi connectivity index (χ3n) is 5.22. The molecule has 1 N–H and O–H groups in total. The predicted molar refractivity (Wildman–Crippen MR) is 98.3 cm³/mol. The Morgan fingerprint density at radius 2 is 2.31 bits per heavy atom. The summed E-state index contributed by atoms with van der Waals surface area (Å²) in [6, 6.07) is 7.30. The van der Waals surface area contributed by atoms with E-state index in [4.69, 9.17) is 9.72 Å². The molecule has 0 aliphatic carbocycles. The fourth-order valence-corrected chi connectivity index (χ4v) is 3.71. The molecule has 1 saturated heterocycles. The highest BCUT2D eigenvalue weighted by atomic mass is 16.5. The first-order valence-electron chi connectivity index (χ1n) is 9.23. The van der Waals surface area contributed by atoms with Crippen LogP contribution in [-0.4, -0.2) is 47.5 Å². The number of methoxy groups -OCH3 is 1. The summed E-state index contributed by atoms with van der Waals surface area (Å²) in [4.78, 5) is 24.1. The highest BCUT2D eigenvalue weighted by Gasteiger charge is 2.25. The third kappa shape index (κ3) is 3.42. The van der Waals surface area contributed by atoms with Gasteiger partial charge in [-0.1, -0.05) is 6.07 Å². The van der Waals surface area contributed by atoms with E-state index in [1.54, 1.807) is 13.2 Å². The van der Waals surface area contributed by atoms with Crippen molar-refractivity contribution in [3.8, 4) is 5.75 Å². The van der Waals surface area contributed by atoms with Crippen molar-refractivity contribution >= 4 is 5.91 Å². The van der Waals surface area contributed by atoms with Crippen LogP contribution in [0.1, 0.15) is 46.2 Å². The average Bonchev–Trinajstić information content (AvgIpc) is 2.73. The summed E-state index contributed by atoms with van der Waals surface area (Å²) in [5, 5.41) is 3.42. The second kappa shape index (κ2) is 7.41. The molecule has 2 aliphatic heterocycles. The summed E-state index contributed by atoms with van der Waals surface area (Å²) >= 11 is 0. The molecule has 0 unspecified atom stereocenters. The molecule has 0 bridgehead atoms. The zero-order valence-electron chi connectivity index (χ0n) is 15.1. The molecule has 4 rings (SSSR count). The maximum atomic E-state index is 12.8. The van der Waals surface area contributed by atoms with Crippen LogP contribution in [0.25, 0.3) is 0 Å². The molecule has 6 nitrogen and oxygen atoms in total. The highest BCUT2D eigenvalue weighted by molar-refractivity contribution is 5.94. The molecule has 3 heterocycles. The molecule has 0 saturated carbocycles. The Bertz CT molecular complexity index is 802. The van der Waals surface area contributed by atoms with Gasteiger partial charge in [0.2, 0.25) is 0 Å². The lowest BCUT2D eigenvalue weighted by Gasteiger charge is -2.29. The second-order valence-electron chi connectivity index (χ2n) is 6.95. The zero-order valence-corrected chi connectivity index (χ0v) is 15.1. The van der Waals surface area contributed by atoms with Crippen LogP contribution in [0.3, 0.4) is 0 Å². The van der Waals surface area contributed by atoms with E-state index >= 15 is 0 Å². The molecular weight excluding hydrogens is 328 g/mol. The van der Waals surface area contributed by atoms with Crippen LogP contribution in [0.15, 0.2) is 30.5 Å². The Balaban J connectivity index is 1.49. The molecule has 6 heteroatoms. The van der Waals surface area contributed by atoms with Crippen LogP contribution in [-0.2, 0) is 13.0 Å². The quantitative estimate of drug-likeness (QED) is 0.917. The normalized spacial score (nSPS) is 19.7. The van der Waals surface area contributed by atoms with Gasteiger partial charge in [-0.05, 0) is 37.6 Å². The molecule has 1 atom stereocenters. The van der Waals surface area contributed by atoms with E-state index in [9.17, 15) is 4.79 Å². The fraction of sp³-hybridized carbons (Fsp3) is 0.450. The van der Waals surface area contributed by atoms with E-state index in [2.05, 4.69) is 10.3 Å². The van der Waals surface area contributed by atoms with E-state index in [-0.39, 0.29) is 5.91 Å². The maximum Gasteiger partial charge on any atom is 0.254 e. The third-order valence-corrected chi connectivity index (χ3v) is 5.22. The Morgan fingerprint density at radius 3 is 3.12 bits per heavy atom. The number of fused-ring (bicyclic) bond motifs is 1. The first-order chi connectivity index (χ1) is 12.7. The van der Waals surface area contributed by atoms with Crippen molar-refractivity contribution in [3.63, 3.8) is 0 Å². The molecule has 136 valence electrons. The highest BCUT2D eigenvalue weighted by Crippen LogP contribution is 2.24. The van der Waals surface area contributed by atoms with Crippen molar-refractivity contribution < 1.29 is 9.53 Å². The van der Waals surface area contributed by atoms with Gasteiger partial charge in [0.1, 0.15) is 11.6 Å². The number of benzene rings is 1. The number of ether oxygens (including phenoxy) is 1. The van der Waals surface area contributed by atoms with Gasteiger partial charge in [0.15, 0.2) is 0 Å². The standard InChI is InChI=1S/C20H24N4O2/c1-26-17-6-2-4-14(10-17)20(25)24-9-7-18-16(13-24)12-22-19(23-18)15-5-3-8-21-11-15/h2,4,6,10,12,15,21H,3,5,7-9,11,13H2,1H3/t15-/m1/s1. The van der Waals surface area contributed by atoms with E-state index in [0.717, 1.165) is 43.0 Å². The molecule has 1 amide bonds. The Kier molecular flexibility index (Phi) is 4.84. The van der Waals surface area contributed by atoms with Crippen LogP contribution in [0.2, 0.25) is 0 Å². The lowest BCUT2D eigenvalue weighted by molar-refractivity contribution is 0.0732. The van der Waals surface area contributed by atoms with E-state index in [0.29, 0.717) is 30.3 Å². The molecule has 0 radical (unpaired) electrons. The number of piperidine rings is 1. The van der Waals surface area contributed by atoms with Crippen molar-refractivity contribution in [2.75, 3.05) is 26.7 Å². The number of hydrogen-bond donors (Lipinski definition) is 1. The van der Waals surface area contributed by atoms with Gasteiger partial charge < -0.3 is 15.0 Å². The molecule has 1 fully saturated rings. The van der Waals surface area contributed by atoms with E-state index in [1.165, 1.54) is 6.42 Å². The van der Waals surface area contributed by atoms with Crippen molar-refractivity contribution in [2.24, 2.45) is 0 Å². The van der Waals surface area contributed by atoms with Crippen LogP contribution in [0.4, 0.5) is 0 Å². The molecule has 2 aliphatic rings. The van der Waals surface area contributed by atoms with Crippen LogP contribution in [0.5, 0.6) is 5.75 Å². The summed E-state index contributed by atoms with van der Waals surface area (Å²) in [5.41, 5.74) is 2.80. The van der Waals surface area contributed by atoms with Gasteiger partial charge in [0.05, 0.1) is 12.8 Å². The molecule has 1 aromatic carbocycles. The minimum atomic E-state index is 0.0232. The largest absolute Gasteiger partial charge is 0.497 e. The minimum absolute atomic E-state index is 0.0232. The SMILES string of the molecule is COc1cccc(C(=O)N2CCc3nc([C@@H]4CCCNC4)ncc3C2)c1. The molecule has 26 heavy (non-hydrogen) atoms. The van der Waals surface area contributed by atoms with Crippen molar-refractivity contribution in [2.45, 2.75) is 31.7 Å². The zero-order chi connectivity index (χ0) is 17.9. The van der Waals surface area contributed by atoms with Crippen molar-refractivity contribution in [3.05, 3.63) is 53.1 Å². The average molecular weight is 352 g/mol. The second-order valence-corrected chi connectivity index (χ2v) is 6.95.